The van der Waals surface area contributed by atoms with Crippen LogP contribution in [0.4, 0.5) is 8.78 Å². The number of esters is 1. The number of thioether (sulfide) groups is 1. The van der Waals surface area contributed by atoms with E-state index < -0.39 is 11.7 Å². The largest absolute Gasteiger partial charge is 0.460 e. The molecule has 0 atom stereocenters. The average Bonchev–Trinajstić information content (AvgIpc) is 2.26. The van der Waals surface area contributed by atoms with Gasteiger partial charge in [-0.2, -0.15) is 8.78 Å². The predicted octanol–water partition coefficient (Wildman–Crippen LogP) is 1.55. The molecule has 0 saturated carbocycles. The molecule has 0 amide bonds. The molecule has 0 aliphatic rings. The molecule has 0 unspecified atom stereocenters. The molecule has 4 nitrogen and oxygen atoms in total. The zero-order chi connectivity index (χ0) is 12.0. The lowest BCUT2D eigenvalue weighted by atomic mass is 10.3. The van der Waals surface area contributed by atoms with Crippen molar-refractivity contribution in [2.75, 3.05) is 13.2 Å². The van der Waals surface area contributed by atoms with Gasteiger partial charge in [0.2, 0.25) is 0 Å². The van der Waals surface area contributed by atoms with Gasteiger partial charge in [-0.1, -0.05) is 0 Å². The third-order valence-corrected chi connectivity index (χ3v) is 2.24. The van der Waals surface area contributed by atoms with Crippen molar-refractivity contribution in [2.24, 2.45) is 0 Å². The number of carbonyl (C=O) groups excluding carboxylic acids is 1. The van der Waals surface area contributed by atoms with Crippen LogP contribution in [0.2, 0.25) is 0 Å². The number of hydrogen-bond donors (Lipinski definition) is 1. The highest BCUT2D eigenvalue weighted by Gasteiger charge is 2.17. The minimum Gasteiger partial charge on any atom is -0.460 e. The van der Waals surface area contributed by atoms with Gasteiger partial charge in [-0.15, -0.1) is 0 Å². The lowest BCUT2D eigenvalue weighted by Gasteiger charge is -2.06. The topological polar surface area (TPSA) is 59.4 Å². The van der Waals surface area contributed by atoms with Crippen LogP contribution in [0.5, 0.6) is 0 Å². The monoisotopic (exact) mass is 249 g/mol. The first-order valence-corrected chi connectivity index (χ1v) is 5.21. The Kier molecular flexibility index (Phi) is 5.13. The molecular weight excluding hydrogens is 240 g/mol. The Bertz CT molecular complexity index is 362. The fraction of sp³-hybridized carbons (Fsp3) is 0.333. The number of aromatic nitrogens is 1. The zero-order valence-corrected chi connectivity index (χ0v) is 8.92. The summed E-state index contributed by atoms with van der Waals surface area (Å²) < 4.78 is 28.9. The smallest absolute Gasteiger partial charge is 0.340 e. The van der Waals surface area contributed by atoms with E-state index in [4.69, 9.17) is 5.11 Å². The van der Waals surface area contributed by atoms with Crippen molar-refractivity contribution < 1.29 is 23.4 Å². The first kappa shape index (κ1) is 12.9. The molecular formula is C9H9F2NO3S. The second-order valence-electron chi connectivity index (χ2n) is 2.59. The van der Waals surface area contributed by atoms with E-state index in [-0.39, 0.29) is 35.6 Å². The van der Waals surface area contributed by atoms with Crippen LogP contribution in [-0.4, -0.2) is 35.0 Å². The van der Waals surface area contributed by atoms with E-state index in [0.29, 0.717) is 0 Å². The van der Waals surface area contributed by atoms with Gasteiger partial charge < -0.3 is 9.84 Å². The summed E-state index contributed by atoms with van der Waals surface area (Å²) in [5.74, 6) is -3.43. The highest BCUT2D eigenvalue weighted by atomic mass is 32.2. The Labute approximate surface area is 94.6 Å². The molecule has 1 aromatic heterocycles. The number of pyridine rings is 1. The first-order valence-electron chi connectivity index (χ1n) is 4.33. The van der Waals surface area contributed by atoms with Crippen molar-refractivity contribution in [1.29, 1.82) is 0 Å². The number of alkyl halides is 2. The van der Waals surface area contributed by atoms with Gasteiger partial charge in [-0.25, -0.2) is 9.78 Å². The number of hydrogen-bond acceptors (Lipinski definition) is 5. The Balaban J connectivity index is 2.81. The average molecular weight is 249 g/mol. The summed E-state index contributed by atoms with van der Waals surface area (Å²) in [5.41, 5.74) is -0.0266. The fourth-order valence-corrected chi connectivity index (χ4v) is 1.51. The quantitative estimate of drug-likeness (QED) is 0.633. The maximum Gasteiger partial charge on any atom is 0.340 e. The van der Waals surface area contributed by atoms with Crippen LogP contribution in [0.3, 0.4) is 0 Å². The number of nitrogens with zero attached hydrogens (tertiary/aromatic N) is 1. The minimum absolute atomic E-state index is 0.0266. The number of halogens is 2. The van der Waals surface area contributed by atoms with Gasteiger partial charge in [0.25, 0.3) is 5.76 Å². The molecule has 16 heavy (non-hydrogen) atoms. The van der Waals surface area contributed by atoms with Crippen molar-refractivity contribution >= 4 is 17.7 Å². The van der Waals surface area contributed by atoms with E-state index in [1.807, 2.05) is 0 Å². The van der Waals surface area contributed by atoms with Gasteiger partial charge in [-0.3, -0.25) is 0 Å². The van der Waals surface area contributed by atoms with E-state index >= 15 is 0 Å². The second-order valence-corrected chi connectivity index (χ2v) is 3.57. The number of rotatable bonds is 5. The van der Waals surface area contributed by atoms with Gasteiger partial charge in [-0.05, 0) is 23.9 Å². The molecule has 0 bridgehead atoms. The Morgan fingerprint density at radius 1 is 1.62 bits per heavy atom. The second kappa shape index (κ2) is 6.39. The standard InChI is InChI=1S/C9H9F2NO3S/c10-9(11)16-7-6(2-1-3-12-7)8(14)15-5-4-13/h1-3,9,13H,4-5H2. The number of aliphatic hydroxyl groups excluding tert-OH is 1. The Morgan fingerprint density at radius 3 is 3.00 bits per heavy atom. The Hall–Kier alpha value is -1.21. The molecule has 0 spiro atoms. The van der Waals surface area contributed by atoms with Crippen molar-refractivity contribution in [3.05, 3.63) is 23.9 Å². The number of ether oxygens (including phenoxy) is 1. The third-order valence-electron chi connectivity index (χ3n) is 1.52. The molecule has 0 aliphatic carbocycles. The SMILES string of the molecule is O=C(OCCO)c1cccnc1SC(F)F. The van der Waals surface area contributed by atoms with Crippen LogP contribution >= 0.6 is 11.8 Å². The maximum absolute atomic E-state index is 12.1. The van der Waals surface area contributed by atoms with Gasteiger partial charge in [0.15, 0.2) is 0 Å². The van der Waals surface area contributed by atoms with Gasteiger partial charge in [0, 0.05) is 6.20 Å². The van der Waals surface area contributed by atoms with E-state index in [9.17, 15) is 13.6 Å². The molecule has 1 aromatic rings. The van der Waals surface area contributed by atoms with Crippen LogP contribution in [0, 0.1) is 0 Å². The summed E-state index contributed by atoms with van der Waals surface area (Å²) in [6.45, 7) is -0.490. The summed E-state index contributed by atoms with van der Waals surface area (Å²) in [5, 5.41) is 8.38. The first-order chi connectivity index (χ1) is 7.65. The zero-order valence-electron chi connectivity index (χ0n) is 8.10. The summed E-state index contributed by atoms with van der Waals surface area (Å²) in [6.07, 6.45) is 1.31. The van der Waals surface area contributed by atoms with Crippen molar-refractivity contribution in [1.82, 2.24) is 4.98 Å². The van der Waals surface area contributed by atoms with E-state index in [1.165, 1.54) is 18.3 Å². The summed E-state index contributed by atoms with van der Waals surface area (Å²) >= 11 is 0.179. The number of aliphatic hydroxyl groups is 1. The summed E-state index contributed by atoms with van der Waals surface area (Å²) in [7, 11) is 0. The van der Waals surface area contributed by atoms with Crippen molar-refractivity contribution in [2.45, 2.75) is 10.8 Å². The molecule has 7 heteroatoms. The van der Waals surface area contributed by atoms with Crippen LogP contribution in [0.15, 0.2) is 23.4 Å². The minimum atomic E-state index is -2.65. The van der Waals surface area contributed by atoms with E-state index in [2.05, 4.69) is 9.72 Å². The molecule has 1 N–H and O–H groups in total. The van der Waals surface area contributed by atoms with Crippen LogP contribution < -0.4 is 0 Å². The molecule has 88 valence electrons. The fourth-order valence-electron chi connectivity index (χ4n) is 0.941. The molecule has 0 aliphatic heterocycles. The molecule has 0 radical (unpaired) electrons. The highest BCUT2D eigenvalue weighted by Crippen LogP contribution is 2.26. The molecule has 0 saturated heterocycles. The highest BCUT2D eigenvalue weighted by molar-refractivity contribution is 7.99. The van der Waals surface area contributed by atoms with Crippen LogP contribution in [0.1, 0.15) is 10.4 Å². The van der Waals surface area contributed by atoms with Crippen LogP contribution in [0.25, 0.3) is 0 Å². The van der Waals surface area contributed by atoms with Crippen molar-refractivity contribution in [3.8, 4) is 0 Å². The van der Waals surface area contributed by atoms with E-state index in [0.717, 1.165) is 0 Å². The van der Waals surface area contributed by atoms with Crippen molar-refractivity contribution in [3.63, 3.8) is 0 Å². The molecule has 1 heterocycles. The maximum atomic E-state index is 12.1. The van der Waals surface area contributed by atoms with Gasteiger partial charge in [0.05, 0.1) is 12.2 Å². The third kappa shape index (κ3) is 3.74. The lowest BCUT2D eigenvalue weighted by Crippen LogP contribution is -2.10. The normalized spacial score (nSPS) is 10.5. The summed E-state index contributed by atoms with van der Waals surface area (Å²) in [4.78, 5) is 15.0. The molecule has 1 rings (SSSR count). The Morgan fingerprint density at radius 2 is 2.38 bits per heavy atom. The van der Waals surface area contributed by atoms with Crippen LogP contribution in [-0.2, 0) is 4.74 Å². The molecule has 0 fully saturated rings. The predicted molar refractivity (Wildman–Crippen MR) is 53.5 cm³/mol. The van der Waals surface area contributed by atoms with Gasteiger partial charge >= 0.3 is 5.97 Å². The van der Waals surface area contributed by atoms with Gasteiger partial charge in [0.1, 0.15) is 11.6 Å². The lowest BCUT2D eigenvalue weighted by molar-refractivity contribution is 0.0429. The molecule has 0 aromatic carbocycles. The summed E-state index contributed by atoms with van der Waals surface area (Å²) in [6, 6.07) is 2.79. The number of carbonyl (C=O) groups is 1. The van der Waals surface area contributed by atoms with E-state index in [1.54, 1.807) is 0 Å².